The maximum atomic E-state index is 3.64. The lowest BCUT2D eigenvalue weighted by Gasteiger charge is -2.38. The maximum Gasteiger partial charge on any atom is 0.0458 e. The lowest BCUT2D eigenvalue weighted by molar-refractivity contribution is 0.126. The highest BCUT2D eigenvalue weighted by molar-refractivity contribution is 9.10. The number of rotatable bonds is 3. The number of aromatic amines is 1. The molecule has 1 atom stereocenters. The molecule has 134 valence electrons. The molecule has 2 heterocycles. The molecule has 0 radical (unpaired) electrons. The Hall–Kier alpha value is -0.260. The number of H-pyrrole nitrogens is 1. The van der Waals surface area contributed by atoms with Gasteiger partial charge in [-0.25, -0.2) is 0 Å². The van der Waals surface area contributed by atoms with E-state index in [4.69, 9.17) is 0 Å². The van der Waals surface area contributed by atoms with Gasteiger partial charge >= 0.3 is 0 Å². The van der Waals surface area contributed by atoms with Crippen LogP contribution in [0.3, 0.4) is 0 Å². The third-order valence-corrected chi connectivity index (χ3v) is 5.88. The first-order valence-electron chi connectivity index (χ1n) is 8.54. The highest BCUT2D eigenvalue weighted by Gasteiger charge is 2.33. The second-order valence-corrected chi connectivity index (χ2v) is 7.62. The number of aromatic nitrogens is 1. The van der Waals surface area contributed by atoms with Crippen LogP contribution in [0.25, 0.3) is 10.9 Å². The molecule has 6 heteroatoms. The van der Waals surface area contributed by atoms with Crippen LogP contribution in [0, 0.1) is 5.92 Å². The summed E-state index contributed by atoms with van der Waals surface area (Å²) < 4.78 is 1.17. The Morgan fingerprint density at radius 1 is 1.08 bits per heavy atom. The Morgan fingerprint density at radius 3 is 2.50 bits per heavy atom. The van der Waals surface area contributed by atoms with Crippen molar-refractivity contribution in [3.63, 3.8) is 0 Å². The van der Waals surface area contributed by atoms with E-state index in [1.165, 1.54) is 59.7 Å². The zero-order chi connectivity index (χ0) is 14.9. The predicted molar refractivity (Wildman–Crippen MR) is 110 cm³/mol. The van der Waals surface area contributed by atoms with Gasteiger partial charge in [0, 0.05) is 53.8 Å². The molecule has 4 rings (SSSR count). The summed E-state index contributed by atoms with van der Waals surface area (Å²) in [6, 6.07) is 7.17. The summed E-state index contributed by atoms with van der Waals surface area (Å²) in [5, 5.41) is 4.89. The number of fused-ring (bicyclic) bond motifs is 1. The second-order valence-electron chi connectivity index (χ2n) is 6.71. The van der Waals surface area contributed by atoms with Crippen molar-refractivity contribution in [3.8, 4) is 0 Å². The molecule has 2 aliphatic rings. The first-order valence-corrected chi connectivity index (χ1v) is 9.33. The van der Waals surface area contributed by atoms with Gasteiger partial charge in [0.2, 0.25) is 0 Å². The fraction of sp³-hybridized carbons (Fsp3) is 0.556. The van der Waals surface area contributed by atoms with Gasteiger partial charge in [-0.15, -0.1) is 24.8 Å². The van der Waals surface area contributed by atoms with Gasteiger partial charge in [0.1, 0.15) is 0 Å². The van der Waals surface area contributed by atoms with Crippen molar-refractivity contribution in [2.45, 2.75) is 31.7 Å². The molecule has 0 unspecified atom stereocenters. The van der Waals surface area contributed by atoms with E-state index in [0.29, 0.717) is 6.04 Å². The van der Waals surface area contributed by atoms with Crippen molar-refractivity contribution in [1.29, 1.82) is 0 Å². The van der Waals surface area contributed by atoms with E-state index < -0.39 is 0 Å². The Bertz CT molecular complexity index is 649. The van der Waals surface area contributed by atoms with E-state index in [2.05, 4.69) is 55.5 Å². The average molecular weight is 435 g/mol. The third kappa shape index (κ3) is 3.94. The zero-order valence-electron chi connectivity index (χ0n) is 13.8. The van der Waals surface area contributed by atoms with Gasteiger partial charge in [0.05, 0.1) is 0 Å². The fourth-order valence-electron chi connectivity index (χ4n) is 4.34. The van der Waals surface area contributed by atoms with E-state index in [9.17, 15) is 0 Å². The molecule has 1 aromatic heterocycles. The van der Waals surface area contributed by atoms with Gasteiger partial charge in [-0.1, -0.05) is 28.8 Å². The van der Waals surface area contributed by atoms with E-state index in [0.717, 1.165) is 19.0 Å². The smallest absolute Gasteiger partial charge is 0.0458 e. The molecule has 1 aliphatic carbocycles. The number of nitrogens with zero attached hydrogens (tertiary/aromatic N) is 1. The first-order chi connectivity index (χ1) is 10.8. The molecule has 3 nitrogen and oxygen atoms in total. The van der Waals surface area contributed by atoms with E-state index in [-0.39, 0.29) is 24.8 Å². The summed E-state index contributed by atoms with van der Waals surface area (Å²) in [6.07, 6.45) is 7.84. The van der Waals surface area contributed by atoms with Crippen LogP contribution in [0.4, 0.5) is 0 Å². The number of hydrogen-bond donors (Lipinski definition) is 2. The van der Waals surface area contributed by atoms with Crippen LogP contribution in [0.2, 0.25) is 0 Å². The number of halogens is 3. The van der Waals surface area contributed by atoms with Crippen molar-refractivity contribution in [2.24, 2.45) is 5.92 Å². The van der Waals surface area contributed by atoms with Crippen molar-refractivity contribution in [2.75, 3.05) is 26.2 Å². The predicted octanol–water partition coefficient (Wildman–Crippen LogP) is 4.91. The monoisotopic (exact) mass is 433 g/mol. The highest BCUT2D eigenvalue weighted by Crippen LogP contribution is 2.42. The van der Waals surface area contributed by atoms with Gasteiger partial charge in [-0.05, 0) is 42.5 Å². The Labute approximate surface area is 164 Å². The SMILES string of the molecule is Brc1ccc2[nH]cc([C@H](C3CCCC3)N3CCNCC3)c2c1.Cl.Cl. The quantitative estimate of drug-likeness (QED) is 0.718. The lowest BCUT2D eigenvalue weighted by Crippen LogP contribution is -2.46. The first kappa shape index (κ1) is 20.1. The Kier molecular flexibility index (Phi) is 7.44. The Morgan fingerprint density at radius 2 is 1.79 bits per heavy atom. The molecule has 2 fully saturated rings. The van der Waals surface area contributed by atoms with Crippen LogP contribution in [0.15, 0.2) is 28.9 Å². The summed E-state index contributed by atoms with van der Waals surface area (Å²) in [5.74, 6) is 0.816. The van der Waals surface area contributed by atoms with Crippen LogP contribution in [0.1, 0.15) is 37.3 Å². The summed E-state index contributed by atoms with van der Waals surface area (Å²) in [7, 11) is 0. The van der Waals surface area contributed by atoms with Crippen LogP contribution in [-0.4, -0.2) is 36.1 Å². The van der Waals surface area contributed by atoms with Crippen molar-refractivity contribution < 1.29 is 0 Å². The van der Waals surface area contributed by atoms with E-state index >= 15 is 0 Å². The lowest BCUT2D eigenvalue weighted by atomic mass is 9.89. The average Bonchev–Trinajstić information content (AvgIpc) is 3.20. The fourth-order valence-corrected chi connectivity index (χ4v) is 4.70. The minimum atomic E-state index is 0. The second kappa shape index (κ2) is 8.91. The molecule has 0 amide bonds. The molecule has 24 heavy (non-hydrogen) atoms. The van der Waals surface area contributed by atoms with Gasteiger partial charge in [0.25, 0.3) is 0 Å². The molecule has 0 spiro atoms. The molecule has 0 bridgehead atoms. The van der Waals surface area contributed by atoms with Crippen molar-refractivity contribution in [1.82, 2.24) is 15.2 Å². The normalized spacial score (nSPS) is 20.5. The summed E-state index contributed by atoms with van der Waals surface area (Å²) in [6.45, 7) is 4.58. The number of benzene rings is 1. The van der Waals surface area contributed by atoms with E-state index in [1.807, 2.05) is 0 Å². The van der Waals surface area contributed by atoms with Crippen LogP contribution in [0.5, 0.6) is 0 Å². The summed E-state index contributed by atoms with van der Waals surface area (Å²) in [5.41, 5.74) is 2.77. The van der Waals surface area contributed by atoms with Gasteiger partial charge in [-0.2, -0.15) is 0 Å². The molecule has 1 aromatic carbocycles. The van der Waals surface area contributed by atoms with Gasteiger partial charge in [-0.3, -0.25) is 4.90 Å². The minimum absolute atomic E-state index is 0. The number of nitrogens with one attached hydrogen (secondary N) is 2. The molecule has 1 aliphatic heterocycles. The van der Waals surface area contributed by atoms with Crippen LogP contribution < -0.4 is 5.32 Å². The van der Waals surface area contributed by atoms with Crippen molar-refractivity contribution >= 4 is 51.6 Å². The molecule has 2 aromatic rings. The molecular formula is C18H26BrCl2N3. The highest BCUT2D eigenvalue weighted by atomic mass is 79.9. The molecule has 1 saturated carbocycles. The van der Waals surface area contributed by atoms with Gasteiger partial charge < -0.3 is 10.3 Å². The summed E-state index contributed by atoms with van der Waals surface area (Å²) in [4.78, 5) is 6.21. The number of hydrogen-bond acceptors (Lipinski definition) is 2. The molecule has 1 saturated heterocycles. The molecule has 2 N–H and O–H groups in total. The topological polar surface area (TPSA) is 31.1 Å². The zero-order valence-corrected chi connectivity index (χ0v) is 17.0. The van der Waals surface area contributed by atoms with Crippen LogP contribution >= 0.6 is 40.7 Å². The molecular weight excluding hydrogens is 409 g/mol. The van der Waals surface area contributed by atoms with Gasteiger partial charge in [0.15, 0.2) is 0 Å². The third-order valence-electron chi connectivity index (χ3n) is 5.39. The largest absolute Gasteiger partial charge is 0.361 e. The van der Waals surface area contributed by atoms with Crippen LogP contribution in [-0.2, 0) is 0 Å². The summed E-state index contributed by atoms with van der Waals surface area (Å²) >= 11 is 3.64. The Balaban J connectivity index is 0.00000104. The maximum absolute atomic E-state index is 3.64. The van der Waals surface area contributed by atoms with Crippen molar-refractivity contribution in [3.05, 3.63) is 34.4 Å². The number of piperazine rings is 1. The van der Waals surface area contributed by atoms with E-state index in [1.54, 1.807) is 0 Å². The minimum Gasteiger partial charge on any atom is -0.361 e. The standard InChI is InChI=1S/C18H24BrN3.2ClH/c19-14-5-6-17-15(11-14)16(12-21-17)18(13-3-1-2-4-13)22-9-7-20-8-10-22;;/h5-6,11-13,18,20-21H,1-4,7-10H2;2*1H/t18-;;/m0../s1.